The minimum atomic E-state index is -6.98. The molecule has 0 saturated carbocycles. The second kappa shape index (κ2) is 6.86. The van der Waals surface area contributed by atoms with Crippen LogP contribution in [0.1, 0.15) is 0 Å². The van der Waals surface area contributed by atoms with Crippen molar-refractivity contribution in [2.45, 2.75) is 42.8 Å². The number of nitrogens with zero attached hydrogens (tertiary/aromatic N) is 1. The Morgan fingerprint density at radius 2 is 1.21 bits per heavy atom. The fourth-order valence-electron chi connectivity index (χ4n) is 1.56. The summed E-state index contributed by atoms with van der Waals surface area (Å²) in [5.74, 6) is -14.0. The van der Waals surface area contributed by atoms with E-state index < -0.39 is 66.1 Å². The van der Waals surface area contributed by atoms with Gasteiger partial charge in [0.25, 0.3) is 5.76 Å². The highest BCUT2D eigenvalue weighted by Gasteiger charge is 2.84. The van der Waals surface area contributed by atoms with Crippen molar-refractivity contribution in [1.29, 1.82) is 0 Å². The average Bonchev–Trinajstić information content (AvgIpc) is 2.42. The molecule has 1 aliphatic heterocycles. The van der Waals surface area contributed by atoms with Crippen LogP contribution in [-0.4, -0.2) is 54.3 Å². The fraction of sp³-hybridized carbons (Fsp3) is 0.800. The van der Waals surface area contributed by atoms with Gasteiger partial charge >= 0.3 is 42.8 Å². The molecule has 172 valence electrons. The van der Waals surface area contributed by atoms with Gasteiger partial charge in [-0.25, -0.2) is 18.4 Å². The van der Waals surface area contributed by atoms with Crippen LogP contribution in [0.4, 0.5) is 70.2 Å². The maximum absolute atomic E-state index is 13.7. The molecule has 0 aromatic rings. The third-order valence-electron chi connectivity index (χ3n) is 2.89. The Bertz CT molecular complexity index is 627. The first-order valence-corrected chi connectivity index (χ1v) is 6.30. The summed E-state index contributed by atoms with van der Waals surface area (Å²) in [6.07, 6.45) is -25.0. The molecule has 0 N–H and O–H groups in total. The molecule has 0 amide bonds. The summed E-state index contributed by atoms with van der Waals surface area (Å²) in [5.41, 5.74) is 0. The van der Waals surface area contributed by atoms with Crippen LogP contribution < -0.4 is 0 Å². The van der Waals surface area contributed by atoms with Crippen molar-refractivity contribution < 1.29 is 79.7 Å². The van der Waals surface area contributed by atoms with Crippen molar-refractivity contribution in [3.05, 3.63) is 11.7 Å². The third-order valence-corrected chi connectivity index (χ3v) is 2.89. The molecule has 0 aliphatic carbocycles. The summed E-state index contributed by atoms with van der Waals surface area (Å²) >= 11 is 0. The van der Waals surface area contributed by atoms with Gasteiger partial charge in [-0.15, -0.1) is 0 Å². The van der Waals surface area contributed by atoms with E-state index in [1.165, 1.54) is 0 Å². The highest BCUT2D eigenvalue weighted by atomic mass is 19.4. The van der Waals surface area contributed by atoms with Gasteiger partial charge in [-0.2, -0.15) is 61.5 Å². The van der Waals surface area contributed by atoms with E-state index in [0.29, 0.717) is 0 Å². The monoisotopic (exact) mass is 473 g/mol. The van der Waals surface area contributed by atoms with Crippen LogP contribution >= 0.6 is 0 Å². The Balaban J connectivity index is 3.64. The highest BCUT2D eigenvalue weighted by Crippen LogP contribution is 2.58. The Morgan fingerprint density at radius 1 is 0.828 bits per heavy atom. The maximum atomic E-state index is 13.7. The molecule has 0 bridgehead atoms. The van der Waals surface area contributed by atoms with Crippen LogP contribution in [0, 0.1) is 0 Å². The second-order valence-electron chi connectivity index (χ2n) is 5.02. The minimum absolute atomic E-state index is 1.84. The number of hydrogen-bond donors (Lipinski definition) is 0. The average molecular weight is 473 g/mol. The molecule has 0 aromatic heterocycles. The van der Waals surface area contributed by atoms with Gasteiger partial charge in [-0.1, -0.05) is 0 Å². The summed E-state index contributed by atoms with van der Waals surface area (Å²) in [4.78, 5) is -3.41. The predicted octanol–water partition coefficient (Wildman–Crippen LogP) is 5.31. The first-order valence-electron chi connectivity index (χ1n) is 6.30. The lowest BCUT2D eigenvalue weighted by atomic mass is 10.2. The molecule has 0 aromatic carbocycles. The quantitative estimate of drug-likeness (QED) is 0.307. The van der Waals surface area contributed by atoms with Crippen molar-refractivity contribution in [2.75, 3.05) is 6.61 Å². The zero-order valence-corrected chi connectivity index (χ0v) is 12.6. The SMILES string of the molecule is F/C(=C(\OCC(F)(F)C(F)F)C(F)(F)F)N1C(F)(F)C(F)(F)OC(F)(F)C1(F)F. The summed E-state index contributed by atoms with van der Waals surface area (Å²) < 4.78 is 210. The lowest BCUT2D eigenvalue weighted by Gasteiger charge is -2.47. The molecule has 0 atom stereocenters. The van der Waals surface area contributed by atoms with Crippen LogP contribution in [0.3, 0.4) is 0 Å². The maximum Gasteiger partial charge on any atom is 0.453 e. The normalized spacial score (nSPS) is 24.4. The molecule has 29 heavy (non-hydrogen) atoms. The Kier molecular flexibility index (Phi) is 5.97. The molecule has 1 saturated heterocycles. The lowest BCUT2D eigenvalue weighted by molar-refractivity contribution is -0.559. The smallest absolute Gasteiger partial charge is 0.453 e. The number of halogens is 16. The Labute approximate surface area is 147 Å². The van der Waals surface area contributed by atoms with Crippen LogP contribution in [0.2, 0.25) is 0 Å². The van der Waals surface area contributed by atoms with E-state index >= 15 is 0 Å². The molecular weight excluding hydrogens is 470 g/mol. The van der Waals surface area contributed by atoms with Crippen molar-refractivity contribution >= 4 is 0 Å². The van der Waals surface area contributed by atoms with Gasteiger partial charge in [0.1, 0.15) is 0 Å². The molecule has 1 fully saturated rings. The number of ether oxygens (including phenoxy) is 2. The van der Waals surface area contributed by atoms with Gasteiger partial charge in [-0.05, 0) is 0 Å². The summed E-state index contributed by atoms with van der Waals surface area (Å²) in [6.45, 7) is -3.19. The minimum Gasteiger partial charge on any atom is -0.479 e. The van der Waals surface area contributed by atoms with E-state index in [1.807, 2.05) is 4.74 Å². The first kappa shape index (κ1) is 25.2. The number of rotatable bonds is 5. The molecule has 0 unspecified atom stereocenters. The van der Waals surface area contributed by atoms with E-state index in [1.54, 1.807) is 0 Å². The van der Waals surface area contributed by atoms with Gasteiger partial charge in [0, 0.05) is 0 Å². The molecule has 0 spiro atoms. The van der Waals surface area contributed by atoms with Crippen LogP contribution in [0.25, 0.3) is 0 Å². The van der Waals surface area contributed by atoms with Crippen molar-refractivity contribution in [3.63, 3.8) is 0 Å². The predicted molar refractivity (Wildman–Crippen MR) is 53.8 cm³/mol. The topological polar surface area (TPSA) is 21.7 Å². The van der Waals surface area contributed by atoms with Crippen molar-refractivity contribution in [1.82, 2.24) is 4.90 Å². The van der Waals surface area contributed by atoms with Gasteiger partial charge < -0.3 is 4.74 Å². The summed E-state index contributed by atoms with van der Waals surface area (Å²) in [5, 5.41) is 0. The standard InChI is InChI=1S/C10H3F16NO2/c11-3(2(6(16,17)18)28-1-5(14,15)4(12)13)27-7(19,20)9(23,24)29-10(25,26)8(27,21)22/h4H,1H2/b3-2+. The first-order chi connectivity index (χ1) is 12.5. The molecule has 1 heterocycles. The largest absolute Gasteiger partial charge is 0.479 e. The zero-order valence-electron chi connectivity index (χ0n) is 12.6. The molecule has 0 radical (unpaired) electrons. The van der Waals surface area contributed by atoms with E-state index in [4.69, 9.17) is 0 Å². The van der Waals surface area contributed by atoms with Crippen molar-refractivity contribution in [3.8, 4) is 0 Å². The Morgan fingerprint density at radius 3 is 1.52 bits per heavy atom. The molecular formula is C10H3F16NO2. The number of allylic oxidation sites excluding steroid dienone is 1. The van der Waals surface area contributed by atoms with Crippen LogP contribution in [0.15, 0.2) is 11.7 Å². The number of hydrogen-bond acceptors (Lipinski definition) is 3. The fourth-order valence-corrected chi connectivity index (χ4v) is 1.56. The van der Waals surface area contributed by atoms with Crippen LogP contribution in [-0.2, 0) is 9.47 Å². The molecule has 1 rings (SSSR count). The van der Waals surface area contributed by atoms with Gasteiger partial charge in [0.15, 0.2) is 6.61 Å². The lowest BCUT2D eigenvalue weighted by Crippen LogP contribution is -2.73. The van der Waals surface area contributed by atoms with E-state index in [-0.39, 0.29) is 0 Å². The summed E-state index contributed by atoms with van der Waals surface area (Å²) in [6, 6.07) is -14.0. The van der Waals surface area contributed by atoms with Gasteiger partial charge in [0.2, 0.25) is 5.95 Å². The summed E-state index contributed by atoms with van der Waals surface area (Å²) in [7, 11) is 0. The van der Waals surface area contributed by atoms with Crippen LogP contribution in [0.5, 0.6) is 0 Å². The second-order valence-corrected chi connectivity index (χ2v) is 5.02. The third kappa shape index (κ3) is 4.23. The molecule has 1 aliphatic rings. The number of morpholine rings is 1. The van der Waals surface area contributed by atoms with Crippen molar-refractivity contribution in [2.24, 2.45) is 0 Å². The Hall–Kier alpha value is -1.82. The van der Waals surface area contributed by atoms with Gasteiger partial charge in [-0.3, -0.25) is 0 Å². The zero-order chi connectivity index (χ0) is 23.4. The molecule has 3 nitrogen and oxygen atoms in total. The van der Waals surface area contributed by atoms with Gasteiger partial charge in [0.05, 0.1) is 0 Å². The van der Waals surface area contributed by atoms with E-state index in [0.717, 1.165) is 0 Å². The van der Waals surface area contributed by atoms with E-state index in [9.17, 15) is 70.2 Å². The highest BCUT2D eigenvalue weighted by molar-refractivity contribution is 5.13. The number of alkyl halides is 15. The molecule has 19 heteroatoms. The van der Waals surface area contributed by atoms with E-state index in [2.05, 4.69) is 4.74 Å².